The van der Waals surface area contributed by atoms with Gasteiger partial charge in [-0.05, 0) is 37.5 Å². The zero-order chi connectivity index (χ0) is 14.5. The lowest BCUT2D eigenvalue weighted by atomic mass is 10.1. The molecule has 2 rings (SSSR count). The van der Waals surface area contributed by atoms with Crippen LogP contribution in [0.15, 0.2) is 23.4 Å². The number of anilines is 1. The van der Waals surface area contributed by atoms with Crippen LogP contribution in [0.3, 0.4) is 0 Å². The molecule has 0 aliphatic carbocycles. The van der Waals surface area contributed by atoms with E-state index in [1.807, 2.05) is 0 Å². The smallest absolute Gasteiger partial charge is 0.321 e. The second kappa shape index (κ2) is 6.47. The Kier molecular flexibility index (Phi) is 4.68. The molecule has 1 aliphatic rings. The molecule has 6 nitrogen and oxygen atoms in total. The second-order valence-electron chi connectivity index (χ2n) is 4.66. The van der Waals surface area contributed by atoms with Crippen LogP contribution in [-0.2, 0) is 0 Å². The van der Waals surface area contributed by atoms with Gasteiger partial charge in [0.15, 0.2) is 5.84 Å². The van der Waals surface area contributed by atoms with Crippen molar-refractivity contribution in [2.24, 2.45) is 10.9 Å². The van der Waals surface area contributed by atoms with Crippen molar-refractivity contribution in [1.29, 1.82) is 0 Å². The van der Waals surface area contributed by atoms with E-state index in [2.05, 4.69) is 10.5 Å². The van der Waals surface area contributed by atoms with Crippen molar-refractivity contribution in [2.45, 2.75) is 19.3 Å². The number of nitrogens with zero attached hydrogens (tertiary/aromatic N) is 2. The lowest BCUT2D eigenvalue weighted by Gasteiger charge is -2.27. The Balaban J connectivity index is 2.13. The average Bonchev–Trinajstić information content (AvgIpc) is 2.49. The van der Waals surface area contributed by atoms with Crippen molar-refractivity contribution < 1.29 is 10.0 Å². The molecule has 0 radical (unpaired) electrons. The van der Waals surface area contributed by atoms with Crippen molar-refractivity contribution in [1.82, 2.24) is 4.90 Å². The summed E-state index contributed by atoms with van der Waals surface area (Å²) in [4.78, 5) is 13.9. The van der Waals surface area contributed by atoms with Gasteiger partial charge in [-0.1, -0.05) is 16.8 Å². The normalized spacial score (nSPS) is 16.1. The molecule has 7 heteroatoms. The maximum atomic E-state index is 12.1. The summed E-state index contributed by atoms with van der Waals surface area (Å²) in [5.74, 6) is -0.0323. The summed E-state index contributed by atoms with van der Waals surface area (Å²) in [5.41, 5.74) is 6.46. The van der Waals surface area contributed by atoms with E-state index < -0.39 is 0 Å². The van der Waals surface area contributed by atoms with Gasteiger partial charge in [0.1, 0.15) is 0 Å². The van der Waals surface area contributed by atoms with Gasteiger partial charge >= 0.3 is 6.03 Å². The molecule has 20 heavy (non-hydrogen) atoms. The number of amides is 2. The Morgan fingerprint density at radius 2 is 2.05 bits per heavy atom. The lowest BCUT2D eigenvalue weighted by Crippen LogP contribution is -2.38. The monoisotopic (exact) mass is 296 g/mol. The minimum atomic E-state index is -0.178. The zero-order valence-corrected chi connectivity index (χ0v) is 11.7. The summed E-state index contributed by atoms with van der Waals surface area (Å²) in [6.45, 7) is 1.51. The molecule has 1 heterocycles. The number of rotatable bonds is 2. The molecule has 0 unspecified atom stereocenters. The van der Waals surface area contributed by atoms with E-state index in [0.717, 1.165) is 32.4 Å². The third kappa shape index (κ3) is 3.33. The number of carbonyl (C=O) groups is 1. The molecule has 1 saturated heterocycles. The van der Waals surface area contributed by atoms with E-state index in [1.54, 1.807) is 23.1 Å². The molecule has 0 saturated carbocycles. The number of hydrogen-bond acceptors (Lipinski definition) is 3. The Bertz CT molecular complexity index is 527. The number of urea groups is 1. The molecule has 1 fully saturated rings. The lowest BCUT2D eigenvalue weighted by molar-refractivity contribution is 0.200. The van der Waals surface area contributed by atoms with Crippen LogP contribution in [0, 0.1) is 0 Å². The van der Waals surface area contributed by atoms with Crippen molar-refractivity contribution in [3.63, 3.8) is 0 Å². The van der Waals surface area contributed by atoms with E-state index in [1.165, 1.54) is 0 Å². The van der Waals surface area contributed by atoms with Gasteiger partial charge in [0.05, 0.1) is 10.7 Å². The van der Waals surface area contributed by atoms with Gasteiger partial charge in [-0.2, -0.15) is 0 Å². The Hall–Kier alpha value is -1.95. The number of piperidine rings is 1. The quantitative estimate of drug-likeness (QED) is 0.339. The molecule has 108 valence electrons. The highest BCUT2D eigenvalue weighted by Gasteiger charge is 2.17. The summed E-state index contributed by atoms with van der Waals surface area (Å²) in [6.07, 6.45) is 3.19. The summed E-state index contributed by atoms with van der Waals surface area (Å²) in [5, 5.41) is 14.8. The third-order valence-electron chi connectivity index (χ3n) is 3.25. The van der Waals surface area contributed by atoms with Crippen molar-refractivity contribution in [3.05, 3.63) is 28.8 Å². The highest BCUT2D eigenvalue weighted by Crippen LogP contribution is 2.24. The summed E-state index contributed by atoms with van der Waals surface area (Å²) < 4.78 is 0. The molecular formula is C13H17ClN4O2. The number of halogens is 1. The Morgan fingerprint density at radius 1 is 1.35 bits per heavy atom. The van der Waals surface area contributed by atoms with E-state index in [0.29, 0.717) is 16.3 Å². The zero-order valence-electron chi connectivity index (χ0n) is 11.0. The van der Waals surface area contributed by atoms with Gasteiger partial charge in [0.25, 0.3) is 0 Å². The molecule has 0 spiro atoms. The Morgan fingerprint density at radius 3 is 2.70 bits per heavy atom. The number of likely N-dealkylation sites (tertiary alicyclic amines) is 1. The molecule has 0 aromatic heterocycles. The summed E-state index contributed by atoms with van der Waals surface area (Å²) >= 11 is 6.05. The molecular weight excluding hydrogens is 280 g/mol. The number of hydrogen-bond donors (Lipinski definition) is 3. The number of nitrogens with two attached hydrogens (primary N) is 1. The fraction of sp³-hybridized carbons (Fsp3) is 0.385. The van der Waals surface area contributed by atoms with Crippen LogP contribution in [-0.4, -0.2) is 35.1 Å². The highest BCUT2D eigenvalue weighted by molar-refractivity contribution is 6.33. The average molecular weight is 297 g/mol. The van der Waals surface area contributed by atoms with Crippen LogP contribution in [0.2, 0.25) is 5.02 Å². The predicted octanol–water partition coefficient (Wildman–Crippen LogP) is 2.45. The topological polar surface area (TPSA) is 91.0 Å². The minimum absolute atomic E-state index is 0.0323. The van der Waals surface area contributed by atoms with Crippen molar-refractivity contribution >= 4 is 29.2 Å². The molecule has 0 bridgehead atoms. The van der Waals surface area contributed by atoms with Crippen molar-refractivity contribution in [3.8, 4) is 0 Å². The van der Waals surface area contributed by atoms with E-state index in [-0.39, 0.29) is 11.9 Å². The predicted molar refractivity (Wildman–Crippen MR) is 78.4 cm³/mol. The van der Waals surface area contributed by atoms with Crippen LogP contribution >= 0.6 is 11.6 Å². The first-order valence-electron chi connectivity index (χ1n) is 6.45. The second-order valence-corrected chi connectivity index (χ2v) is 5.06. The van der Waals surface area contributed by atoms with Crippen LogP contribution in [0.5, 0.6) is 0 Å². The Labute approximate surface area is 122 Å². The fourth-order valence-corrected chi connectivity index (χ4v) is 2.29. The standard InChI is InChI=1S/C13H17ClN4O2/c14-10-5-4-9(12(15)17-20)8-11(10)16-13(19)18-6-2-1-3-7-18/h4-5,8,20H,1-3,6-7H2,(H2,15,17)(H,16,19). The van der Waals surface area contributed by atoms with Crippen molar-refractivity contribution in [2.75, 3.05) is 18.4 Å². The molecule has 1 aromatic rings. The molecule has 2 amide bonds. The van der Waals surface area contributed by atoms with Gasteiger partial charge in [-0.15, -0.1) is 0 Å². The van der Waals surface area contributed by atoms with Gasteiger partial charge < -0.3 is 21.2 Å². The number of benzene rings is 1. The van der Waals surface area contributed by atoms with E-state index in [9.17, 15) is 4.79 Å². The number of amidine groups is 1. The number of oxime groups is 1. The summed E-state index contributed by atoms with van der Waals surface area (Å²) in [7, 11) is 0. The molecule has 0 atom stereocenters. The van der Waals surface area contributed by atoms with Crippen LogP contribution in [0.4, 0.5) is 10.5 Å². The molecule has 4 N–H and O–H groups in total. The van der Waals surface area contributed by atoms with Gasteiger partial charge in [-0.25, -0.2) is 4.79 Å². The molecule has 1 aliphatic heterocycles. The maximum absolute atomic E-state index is 12.1. The van der Waals surface area contributed by atoms with E-state index >= 15 is 0 Å². The number of nitrogens with one attached hydrogen (secondary N) is 1. The van der Waals surface area contributed by atoms with Gasteiger partial charge in [0, 0.05) is 18.7 Å². The molecule has 1 aromatic carbocycles. The largest absolute Gasteiger partial charge is 0.409 e. The highest BCUT2D eigenvalue weighted by atomic mass is 35.5. The first kappa shape index (κ1) is 14.5. The van der Waals surface area contributed by atoms with Crippen LogP contribution < -0.4 is 11.1 Å². The van der Waals surface area contributed by atoms with E-state index in [4.69, 9.17) is 22.5 Å². The summed E-state index contributed by atoms with van der Waals surface area (Å²) in [6, 6.07) is 4.62. The van der Waals surface area contributed by atoms with Crippen LogP contribution in [0.25, 0.3) is 0 Å². The van der Waals surface area contributed by atoms with Crippen LogP contribution in [0.1, 0.15) is 24.8 Å². The SMILES string of the molecule is N/C(=N/O)c1ccc(Cl)c(NC(=O)N2CCCCC2)c1. The van der Waals surface area contributed by atoms with Gasteiger partial charge in [0.2, 0.25) is 0 Å². The first-order valence-corrected chi connectivity index (χ1v) is 6.83. The maximum Gasteiger partial charge on any atom is 0.321 e. The fourth-order valence-electron chi connectivity index (χ4n) is 2.13. The van der Waals surface area contributed by atoms with Gasteiger partial charge in [-0.3, -0.25) is 0 Å². The third-order valence-corrected chi connectivity index (χ3v) is 3.58. The minimum Gasteiger partial charge on any atom is -0.409 e. The number of carbonyl (C=O) groups excluding carboxylic acids is 1. The first-order chi connectivity index (χ1) is 9.61.